The first kappa shape index (κ1) is 10.9. The fourth-order valence-electron chi connectivity index (χ4n) is 3.32. The lowest BCUT2D eigenvalue weighted by Gasteiger charge is -2.26. The van der Waals surface area contributed by atoms with Gasteiger partial charge in [-0.05, 0) is 38.2 Å². The van der Waals surface area contributed by atoms with Crippen LogP contribution in [-0.2, 0) is 0 Å². The maximum absolute atomic E-state index is 12.6. The van der Waals surface area contributed by atoms with E-state index in [1.54, 1.807) is 4.40 Å². The highest BCUT2D eigenvalue weighted by molar-refractivity contribution is 5.91. The second kappa shape index (κ2) is 3.76. The molecule has 4 rings (SSSR count). The molecule has 2 aromatic rings. The van der Waals surface area contributed by atoms with Crippen LogP contribution in [0.5, 0.6) is 0 Å². The number of hydrogen-bond donors (Lipinski definition) is 0. The van der Waals surface area contributed by atoms with Gasteiger partial charge >= 0.3 is 0 Å². The third kappa shape index (κ3) is 1.55. The maximum Gasteiger partial charge on any atom is 0.292 e. The van der Waals surface area contributed by atoms with Crippen LogP contribution in [0.15, 0.2) is 12.3 Å². The van der Waals surface area contributed by atoms with Crippen molar-refractivity contribution in [2.24, 2.45) is 5.92 Å². The van der Waals surface area contributed by atoms with E-state index in [1.165, 1.54) is 6.42 Å². The number of aromatic nitrogens is 4. The standard InChI is InChI=1S/C13H15N5O/c1-8-4-5-17-11(15-16-13(17)14-8)12(19)18-7-9-2-3-10(18)6-9/h4-5,9-10H,2-3,6-7H2,1H3/t9-,10-/m0/s1. The molecule has 6 nitrogen and oxygen atoms in total. The minimum atomic E-state index is -0.00893. The van der Waals surface area contributed by atoms with Crippen molar-refractivity contribution in [3.8, 4) is 0 Å². The topological polar surface area (TPSA) is 63.4 Å². The molecule has 98 valence electrons. The van der Waals surface area contributed by atoms with Crippen LogP contribution in [0.2, 0.25) is 0 Å². The van der Waals surface area contributed by atoms with Gasteiger partial charge in [-0.15, -0.1) is 10.2 Å². The molecule has 19 heavy (non-hydrogen) atoms. The van der Waals surface area contributed by atoms with Crippen LogP contribution in [-0.4, -0.2) is 43.0 Å². The maximum atomic E-state index is 12.6. The number of amides is 1. The molecule has 0 aromatic carbocycles. The molecule has 2 fully saturated rings. The summed E-state index contributed by atoms with van der Waals surface area (Å²) >= 11 is 0. The zero-order valence-corrected chi connectivity index (χ0v) is 10.8. The van der Waals surface area contributed by atoms with Gasteiger partial charge in [0.1, 0.15) is 0 Å². The number of piperidine rings is 1. The lowest BCUT2D eigenvalue weighted by Crippen LogP contribution is -2.38. The molecule has 1 saturated heterocycles. The number of rotatable bonds is 1. The number of carbonyl (C=O) groups is 1. The quantitative estimate of drug-likeness (QED) is 0.766. The molecule has 1 aliphatic carbocycles. The zero-order valence-electron chi connectivity index (χ0n) is 10.8. The molecular weight excluding hydrogens is 242 g/mol. The van der Waals surface area contributed by atoms with E-state index in [0.29, 0.717) is 23.6 Å². The van der Waals surface area contributed by atoms with E-state index in [1.807, 2.05) is 24.1 Å². The van der Waals surface area contributed by atoms with Gasteiger partial charge < -0.3 is 4.90 Å². The molecule has 0 radical (unpaired) electrons. The van der Waals surface area contributed by atoms with Crippen LogP contribution in [0.4, 0.5) is 0 Å². The second-order valence-corrected chi connectivity index (χ2v) is 5.55. The van der Waals surface area contributed by atoms with Crippen LogP contribution in [0.1, 0.15) is 35.6 Å². The van der Waals surface area contributed by atoms with E-state index in [9.17, 15) is 4.79 Å². The number of fused-ring (bicyclic) bond motifs is 3. The van der Waals surface area contributed by atoms with E-state index in [4.69, 9.17) is 0 Å². The molecule has 0 unspecified atom stereocenters. The van der Waals surface area contributed by atoms with Crippen LogP contribution >= 0.6 is 0 Å². The molecule has 3 heterocycles. The Balaban J connectivity index is 1.72. The Labute approximate surface area is 110 Å². The first-order valence-corrected chi connectivity index (χ1v) is 6.72. The van der Waals surface area contributed by atoms with Crippen molar-refractivity contribution in [2.45, 2.75) is 32.2 Å². The predicted octanol–water partition coefficient (Wildman–Crippen LogP) is 1.06. The van der Waals surface area contributed by atoms with Crippen LogP contribution < -0.4 is 0 Å². The summed E-state index contributed by atoms with van der Waals surface area (Å²) in [7, 11) is 0. The molecule has 2 aromatic heterocycles. The Kier molecular flexibility index (Phi) is 2.15. The molecule has 1 saturated carbocycles. The highest BCUT2D eigenvalue weighted by Gasteiger charge is 2.41. The average Bonchev–Trinajstić information content (AvgIpc) is 3.11. The Bertz CT molecular complexity index is 664. The van der Waals surface area contributed by atoms with Crippen molar-refractivity contribution in [1.29, 1.82) is 0 Å². The van der Waals surface area contributed by atoms with Gasteiger partial charge in [0.15, 0.2) is 0 Å². The number of nitrogens with zero attached hydrogens (tertiary/aromatic N) is 5. The smallest absolute Gasteiger partial charge is 0.292 e. The lowest BCUT2D eigenvalue weighted by atomic mass is 10.1. The molecule has 2 atom stereocenters. The van der Waals surface area contributed by atoms with Crippen LogP contribution in [0.25, 0.3) is 5.78 Å². The fourth-order valence-corrected chi connectivity index (χ4v) is 3.32. The second-order valence-electron chi connectivity index (χ2n) is 5.55. The number of carbonyl (C=O) groups excluding carboxylic acids is 1. The van der Waals surface area contributed by atoms with E-state index >= 15 is 0 Å². The first-order chi connectivity index (χ1) is 9.22. The SMILES string of the molecule is Cc1ccn2c(C(=O)N3C[C@H]4CC[C@H]3C4)nnc2n1. The Morgan fingerprint density at radius 2 is 2.26 bits per heavy atom. The predicted molar refractivity (Wildman–Crippen MR) is 67.7 cm³/mol. The van der Waals surface area contributed by atoms with Crippen molar-refractivity contribution in [1.82, 2.24) is 24.5 Å². The highest BCUT2D eigenvalue weighted by Crippen LogP contribution is 2.37. The molecule has 1 aliphatic heterocycles. The third-order valence-corrected chi connectivity index (χ3v) is 4.28. The fraction of sp³-hybridized carbons (Fsp3) is 0.538. The minimum Gasteiger partial charge on any atom is -0.333 e. The summed E-state index contributed by atoms with van der Waals surface area (Å²) < 4.78 is 1.68. The molecule has 1 amide bonds. The first-order valence-electron chi connectivity index (χ1n) is 6.72. The normalized spacial score (nSPS) is 25.4. The Hall–Kier alpha value is -1.98. The summed E-state index contributed by atoms with van der Waals surface area (Å²) in [5.74, 6) is 1.56. The van der Waals surface area contributed by atoms with Gasteiger partial charge in [0.2, 0.25) is 5.82 Å². The van der Waals surface area contributed by atoms with Gasteiger partial charge in [0.25, 0.3) is 11.7 Å². The van der Waals surface area contributed by atoms with E-state index in [0.717, 1.165) is 25.1 Å². The summed E-state index contributed by atoms with van der Waals surface area (Å²) in [6.45, 7) is 2.77. The van der Waals surface area contributed by atoms with Gasteiger partial charge in [-0.25, -0.2) is 4.98 Å². The van der Waals surface area contributed by atoms with Gasteiger partial charge in [-0.3, -0.25) is 9.20 Å². The zero-order chi connectivity index (χ0) is 13.0. The molecular formula is C13H15N5O. The van der Waals surface area contributed by atoms with Gasteiger partial charge in [0, 0.05) is 24.5 Å². The average molecular weight is 257 g/mol. The largest absolute Gasteiger partial charge is 0.333 e. The summed E-state index contributed by atoms with van der Waals surface area (Å²) in [4.78, 5) is 18.8. The summed E-state index contributed by atoms with van der Waals surface area (Å²) in [6.07, 6.45) is 5.36. The van der Waals surface area contributed by atoms with Crippen molar-refractivity contribution in [2.75, 3.05) is 6.54 Å². The number of aryl methyl sites for hydroxylation is 1. The van der Waals surface area contributed by atoms with Crippen molar-refractivity contribution in [3.05, 3.63) is 23.8 Å². The van der Waals surface area contributed by atoms with Gasteiger partial charge in [-0.1, -0.05) is 0 Å². The minimum absolute atomic E-state index is 0.00893. The van der Waals surface area contributed by atoms with Crippen molar-refractivity contribution in [3.63, 3.8) is 0 Å². The molecule has 6 heteroatoms. The Morgan fingerprint density at radius 1 is 1.37 bits per heavy atom. The highest BCUT2D eigenvalue weighted by atomic mass is 16.2. The van der Waals surface area contributed by atoms with Gasteiger partial charge in [0.05, 0.1) is 0 Å². The lowest BCUT2D eigenvalue weighted by molar-refractivity contribution is 0.0689. The third-order valence-electron chi connectivity index (χ3n) is 4.28. The summed E-state index contributed by atoms with van der Waals surface area (Å²) in [5, 5.41) is 8.01. The van der Waals surface area contributed by atoms with Crippen LogP contribution in [0.3, 0.4) is 0 Å². The summed E-state index contributed by atoms with van der Waals surface area (Å²) in [5.41, 5.74) is 0.874. The monoisotopic (exact) mass is 257 g/mol. The van der Waals surface area contributed by atoms with Crippen molar-refractivity contribution >= 4 is 11.7 Å². The van der Waals surface area contributed by atoms with E-state index < -0.39 is 0 Å². The molecule has 0 spiro atoms. The molecule has 2 bridgehead atoms. The number of hydrogen-bond acceptors (Lipinski definition) is 4. The van der Waals surface area contributed by atoms with Gasteiger partial charge in [-0.2, -0.15) is 0 Å². The summed E-state index contributed by atoms with van der Waals surface area (Å²) in [6, 6.07) is 2.27. The van der Waals surface area contributed by atoms with E-state index in [-0.39, 0.29) is 5.91 Å². The van der Waals surface area contributed by atoms with E-state index in [2.05, 4.69) is 15.2 Å². The Morgan fingerprint density at radius 3 is 3.00 bits per heavy atom. The van der Waals surface area contributed by atoms with Crippen molar-refractivity contribution < 1.29 is 4.79 Å². The molecule has 0 N–H and O–H groups in total. The number of likely N-dealkylation sites (tertiary alicyclic amines) is 1. The molecule has 2 aliphatic rings. The van der Waals surface area contributed by atoms with Crippen LogP contribution in [0, 0.1) is 12.8 Å².